The van der Waals surface area contributed by atoms with Crippen molar-refractivity contribution in [1.82, 2.24) is 9.97 Å². The molecule has 1 N–H and O–H groups in total. The molecular formula is C14H13FN2O2S. The van der Waals surface area contributed by atoms with E-state index in [2.05, 4.69) is 9.97 Å². The van der Waals surface area contributed by atoms with E-state index in [1.807, 2.05) is 13.8 Å². The highest BCUT2D eigenvalue weighted by Crippen LogP contribution is 2.30. The Bertz CT molecular complexity index is 647. The van der Waals surface area contributed by atoms with Gasteiger partial charge in [-0.15, -0.1) is 0 Å². The second-order valence-corrected chi connectivity index (χ2v) is 5.58. The van der Waals surface area contributed by atoms with Gasteiger partial charge in [0.1, 0.15) is 11.6 Å². The van der Waals surface area contributed by atoms with Gasteiger partial charge in [-0.05, 0) is 18.2 Å². The van der Waals surface area contributed by atoms with Crippen LogP contribution in [0.3, 0.4) is 0 Å². The molecule has 20 heavy (non-hydrogen) atoms. The third-order valence-corrected chi connectivity index (χ3v) is 3.52. The van der Waals surface area contributed by atoms with E-state index in [0.717, 1.165) is 11.8 Å². The number of carboxylic acid groups (broad SMARTS) is 1. The lowest BCUT2D eigenvalue weighted by molar-refractivity contribution is 0.0685. The molecule has 0 aliphatic carbocycles. The quantitative estimate of drug-likeness (QED) is 0.933. The maximum Gasteiger partial charge on any atom is 0.355 e. The van der Waals surface area contributed by atoms with E-state index >= 15 is 0 Å². The molecule has 2 aromatic rings. The third-order valence-electron chi connectivity index (χ3n) is 2.52. The van der Waals surface area contributed by atoms with Crippen LogP contribution in [0, 0.1) is 5.82 Å². The van der Waals surface area contributed by atoms with Gasteiger partial charge in [0.15, 0.2) is 5.69 Å². The van der Waals surface area contributed by atoms with E-state index in [-0.39, 0.29) is 17.4 Å². The molecule has 1 heterocycles. The molecule has 0 amide bonds. The van der Waals surface area contributed by atoms with Gasteiger partial charge in [0.05, 0.1) is 4.90 Å². The minimum Gasteiger partial charge on any atom is -0.476 e. The highest BCUT2D eigenvalue weighted by atomic mass is 32.2. The number of hydrogen-bond donors (Lipinski definition) is 1. The van der Waals surface area contributed by atoms with E-state index in [0.29, 0.717) is 15.6 Å². The van der Waals surface area contributed by atoms with Gasteiger partial charge in [0.2, 0.25) is 0 Å². The van der Waals surface area contributed by atoms with Crippen molar-refractivity contribution in [3.8, 4) is 0 Å². The van der Waals surface area contributed by atoms with Crippen LogP contribution in [-0.2, 0) is 0 Å². The molecule has 1 aromatic carbocycles. The zero-order valence-corrected chi connectivity index (χ0v) is 11.8. The number of aromatic carboxylic acids is 1. The third kappa shape index (κ3) is 3.33. The Hall–Kier alpha value is -1.95. The fourth-order valence-electron chi connectivity index (χ4n) is 1.55. The van der Waals surface area contributed by atoms with Crippen molar-refractivity contribution < 1.29 is 14.3 Å². The Kier molecular flexibility index (Phi) is 4.34. The van der Waals surface area contributed by atoms with Gasteiger partial charge in [0, 0.05) is 17.0 Å². The van der Waals surface area contributed by atoms with Gasteiger partial charge < -0.3 is 5.11 Å². The number of rotatable bonds is 4. The van der Waals surface area contributed by atoms with Crippen LogP contribution in [-0.4, -0.2) is 21.0 Å². The summed E-state index contributed by atoms with van der Waals surface area (Å²) in [5.74, 6) is -0.966. The van der Waals surface area contributed by atoms with Crippen molar-refractivity contribution in [3.05, 3.63) is 47.8 Å². The van der Waals surface area contributed by atoms with E-state index in [4.69, 9.17) is 0 Å². The Balaban J connectivity index is 2.38. The molecule has 2 rings (SSSR count). The van der Waals surface area contributed by atoms with Gasteiger partial charge in [-0.3, -0.25) is 0 Å². The Labute approximate surface area is 120 Å². The average molecular weight is 292 g/mol. The van der Waals surface area contributed by atoms with E-state index in [1.54, 1.807) is 12.1 Å². The number of carbonyl (C=O) groups is 1. The van der Waals surface area contributed by atoms with Crippen molar-refractivity contribution >= 4 is 17.7 Å². The summed E-state index contributed by atoms with van der Waals surface area (Å²) in [6, 6.07) is 5.95. The van der Waals surface area contributed by atoms with E-state index < -0.39 is 5.97 Å². The first-order valence-electron chi connectivity index (χ1n) is 6.01. The van der Waals surface area contributed by atoms with Crippen LogP contribution in [0.15, 0.2) is 40.3 Å². The fraction of sp³-hybridized carbons (Fsp3) is 0.214. The number of aromatic nitrogens is 2. The summed E-state index contributed by atoms with van der Waals surface area (Å²) >= 11 is 1.13. The summed E-state index contributed by atoms with van der Waals surface area (Å²) in [6.45, 7) is 3.78. The maximum atomic E-state index is 13.1. The molecule has 4 nitrogen and oxygen atoms in total. The van der Waals surface area contributed by atoms with Crippen LogP contribution in [0.25, 0.3) is 0 Å². The molecule has 0 saturated heterocycles. The molecule has 0 bridgehead atoms. The molecule has 0 aliphatic rings. The standard InChI is InChI=1S/C14H13FN2O2S/c1-8(2)13-16-7-11(12(17-13)14(18)19)20-10-5-3-4-9(15)6-10/h3-8H,1-2H3,(H,18,19). The molecule has 6 heteroatoms. The summed E-state index contributed by atoms with van der Waals surface area (Å²) < 4.78 is 13.1. The van der Waals surface area contributed by atoms with Crippen molar-refractivity contribution in [1.29, 1.82) is 0 Å². The van der Waals surface area contributed by atoms with Crippen LogP contribution < -0.4 is 0 Å². The van der Waals surface area contributed by atoms with Gasteiger partial charge in [-0.2, -0.15) is 0 Å². The Morgan fingerprint density at radius 3 is 2.75 bits per heavy atom. The minimum absolute atomic E-state index is 0.0429. The fourth-order valence-corrected chi connectivity index (χ4v) is 2.46. The first-order valence-corrected chi connectivity index (χ1v) is 6.82. The van der Waals surface area contributed by atoms with Gasteiger partial charge in [-0.25, -0.2) is 19.2 Å². The van der Waals surface area contributed by atoms with Gasteiger partial charge in [0.25, 0.3) is 0 Å². The summed E-state index contributed by atoms with van der Waals surface area (Å²) in [7, 11) is 0. The summed E-state index contributed by atoms with van der Waals surface area (Å²) in [5.41, 5.74) is -0.0574. The van der Waals surface area contributed by atoms with Crippen molar-refractivity contribution in [2.45, 2.75) is 29.6 Å². The monoisotopic (exact) mass is 292 g/mol. The zero-order valence-electron chi connectivity index (χ0n) is 11.0. The number of nitrogens with zero attached hydrogens (tertiary/aromatic N) is 2. The lowest BCUT2D eigenvalue weighted by atomic mass is 10.2. The molecular weight excluding hydrogens is 279 g/mol. The number of hydrogen-bond acceptors (Lipinski definition) is 4. The molecule has 0 atom stereocenters. The summed E-state index contributed by atoms with van der Waals surface area (Å²) in [6.07, 6.45) is 1.47. The molecule has 0 radical (unpaired) electrons. The van der Waals surface area contributed by atoms with Crippen molar-refractivity contribution in [3.63, 3.8) is 0 Å². The SMILES string of the molecule is CC(C)c1ncc(Sc2cccc(F)c2)c(C(=O)O)n1. The lowest BCUT2D eigenvalue weighted by Crippen LogP contribution is -2.08. The maximum absolute atomic E-state index is 13.1. The minimum atomic E-state index is -1.12. The molecule has 104 valence electrons. The highest BCUT2D eigenvalue weighted by Gasteiger charge is 2.16. The predicted molar refractivity (Wildman–Crippen MR) is 73.6 cm³/mol. The normalized spacial score (nSPS) is 10.8. The number of benzene rings is 1. The molecule has 0 unspecified atom stereocenters. The van der Waals surface area contributed by atoms with Crippen LogP contribution >= 0.6 is 11.8 Å². The smallest absolute Gasteiger partial charge is 0.355 e. The summed E-state index contributed by atoms with van der Waals surface area (Å²) in [5, 5.41) is 9.23. The first-order chi connectivity index (χ1) is 9.47. The molecule has 1 aromatic heterocycles. The van der Waals surface area contributed by atoms with Crippen molar-refractivity contribution in [2.24, 2.45) is 0 Å². The largest absolute Gasteiger partial charge is 0.476 e. The van der Waals surface area contributed by atoms with Crippen LogP contribution in [0.2, 0.25) is 0 Å². The molecule has 0 aliphatic heterocycles. The highest BCUT2D eigenvalue weighted by molar-refractivity contribution is 7.99. The number of carboxylic acids is 1. The predicted octanol–water partition coefficient (Wildman–Crippen LogP) is 3.59. The van der Waals surface area contributed by atoms with E-state index in [1.165, 1.54) is 18.3 Å². The molecule has 0 fully saturated rings. The van der Waals surface area contributed by atoms with Gasteiger partial charge in [-0.1, -0.05) is 31.7 Å². The van der Waals surface area contributed by atoms with E-state index in [9.17, 15) is 14.3 Å². The number of halogens is 1. The zero-order chi connectivity index (χ0) is 14.7. The van der Waals surface area contributed by atoms with Crippen molar-refractivity contribution in [2.75, 3.05) is 0 Å². The van der Waals surface area contributed by atoms with Crippen LogP contribution in [0.4, 0.5) is 4.39 Å². The first kappa shape index (κ1) is 14.5. The molecule has 0 saturated carbocycles. The second kappa shape index (κ2) is 6.00. The second-order valence-electron chi connectivity index (χ2n) is 4.46. The van der Waals surface area contributed by atoms with Gasteiger partial charge >= 0.3 is 5.97 Å². The van der Waals surface area contributed by atoms with Crippen LogP contribution in [0.1, 0.15) is 36.1 Å². The van der Waals surface area contributed by atoms with Crippen LogP contribution in [0.5, 0.6) is 0 Å². The Morgan fingerprint density at radius 2 is 2.15 bits per heavy atom. The topological polar surface area (TPSA) is 63.1 Å². The Morgan fingerprint density at radius 1 is 1.40 bits per heavy atom. The lowest BCUT2D eigenvalue weighted by Gasteiger charge is -2.08. The molecule has 0 spiro atoms. The summed E-state index contributed by atoms with van der Waals surface area (Å²) in [4.78, 5) is 20.5. The average Bonchev–Trinajstić information content (AvgIpc) is 2.38.